The molecule has 214 valence electrons. The van der Waals surface area contributed by atoms with Crippen LogP contribution in [0.4, 0.5) is 5.69 Å². The SMILES string of the molecule is CC[C@H](C)NC(=O)[C@H](CC)N(Cc1ccccc1C)C(=O)CN(c1ccc(C)cc1C)S(=O)(=O)c1ccccc1. The van der Waals surface area contributed by atoms with Crippen LogP contribution in [-0.2, 0) is 26.2 Å². The van der Waals surface area contributed by atoms with Gasteiger partial charge >= 0.3 is 0 Å². The third kappa shape index (κ3) is 7.30. The van der Waals surface area contributed by atoms with E-state index in [0.29, 0.717) is 12.1 Å². The summed E-state index contributed by atoms with van der Waals surface area (Å²) in [6.45, 7) is 11.2. The highest BCUT2D eigenvalue weighted by atomic mass is 32.2. The first-order valence-corrected chi connectivity index (χ1v) is 15.2. The molecule has 1 N–H and O–H groups in total. The Morgan fingerprint density at radius 1 is 0.850 bits per heavy atom. The second-order valence-electron chi connectivity index (χ2n) is 10.3. The standard InChI is InChI=1S/C32H41N3O4S/c1-7-26(6)33-32(37)29(8-2)34(21-27-15-13-12-14-24(27)4)31(36)22-35(30-19-18-23(3)20-25(30)5)40(38,39)28-16-10-9-11-17-28/h9-20,26,29H,7-8,21-22H2,1-6H3,(H,33,37)/t26-,29-/m0/s1. The van der Waals surface area contributed by atoms with Gasteiger partial charge in [0.05, 0.1) is 10.6 Å². The van der Waals surface area contributed by atoms with E-state index in [-0.39, 0.29) is 23.4 Å². The summed E-state index contributed by atoms with van der Waals surface area (Å²) in [5.74, 6) is -0.698. The summed E-state index contributed by atoms with van der Waals surface area (Å²) in [5.41, 5.74) is 4.03. The number of sulfonamides is 1. The highest BCUT2D eigenvalue weighted by Crippen LogP contribution is 2.28. The minimum absolute atomic E-state index is 0.0536. The fourth-order valence-corrected chi connectivity index (χ4v) is 6.15. The number of carbonyl (C=O) groups excluding carboxylic acids is 2. The number of nitrogens with one attached hydrogen (secondary N) is 1. The van der Waals surface area contributed by atoms with Crippen molar-refractivity contribution in [3.05, 3.63) is 95.1 Å². The van der Waals surface area contributed by atoms with Crippen molar-refractivity contribution in [2.75, 3.05) is 10.8 Å². The molecule has 3 aromatic carbocycles. The lowest BCUT2D eigenvalue weighted by Crippen LogP contribution is -2.53. The Bertz CT molecular complexity index is 1420. The Morgan fingerprint density at radius 2 is 1.50 bits per heavy atom. The van der Waals surface area contributed by atoms with Crippen LogP contribution in [0.3, 0.4) is 0 Å². The Morgan fingerprint density at radius 3 is 2.10 bits per heavy atom. The quantitative estimate of drug-likeness (QED) is 0.314. The van der Waals surface area contributed by atoms with Gasteiger partial charge in [0.15, 0.2) is 0 Å². The molecule has 0 aromatic heterocycles. The Hall–Kier alpha value is -3.65. The van der Waals surface area contributed by atoms with Crippen LogP contribution in [0.1, 0.15) is 55.9 Å². The molecule has 40 heavy (non-hydrogen) atoms. The van der Waals surface area contributed by atoms with E-state index in [2.05, 4.69) is 5.32 Å². The average Bonchev–Trinajstić information content (AvgIpc) is 2.93. The summed E-state index contributed by atoms with van der Waals surface area (Å²) < 4.78 is 29.1. The van der Waals surface area contributed by atoms with Gasteiger partial charge in [-0.15, -0.1) is 0 Å². The number of hydrogen-bond donors (Lipinski definition) is 1. The first-order chi connectivity index (χ1) is 19.0. The van der Waals surface area contributed by atoms with Crippen molar-refractivity contribution in [2.45, 2.75) is 77.9 Å². The summed E-state index contributed by atoms with van der Waals surface area (Å²) in [7, 11) is -4.09. The molecule has 0 radical (unpaired) electrons. The zero-order valence-electron chi connectivity index (χ0n) is 24.3. The topological polar surface area (TPSA) is 86.8 Å². The Balaban J connectivity index is 2.09. The maximum atomic E-state index is 14.2. The van der Waals surface area contributed by atoms with E-state index in [4.69, 9.17) is 0 Å². The van der Waals surface area contributed by atoms with Crippen molar-refractivity contribution >= 4 is 27.5 Å². The molecule has 0 spiro atoms. The summed E-state index contributed by atoms with van der Waals surface area (Å²) >= 11 is 0. The van der Waals surface area contributed by atoms with Crippen LogP contribution in [0.2, 0.25) is 0 Å². The summed E-state index contributed by atoms with van der Waals surface area (Å²) in [6, 6.07) is 20.5. The average molecular weight is 564 g/mol. The van der Waals surface area contributed by atoms with Crippen molar-refractivity contribution < 1.29 is 18.0 Å². The molecule has 0 saturated carbocycles. The normalized spacial score (nSPS) is 12.8. The predicted octanol–water partition coefficient (Wildman–Crippen LogP) is 5.53. The highest BCUT2D eigenvalue weighted by Gasteiger charge is 2.34. The fraction of sp³-hybridized carbons (Fsp3) is 0.375. The highest BCUT2D eigenvalue weighted by molar-refractivity contribution is 7.92. The molecule has 7 nitrogen and oxygen atoms in total. The molecule has 0 aliphatic carbocycles. The largest absolute Gasteiger partial charge is 0.352 e. The number of benzene rings is 3. The second-order valence-corrected chi connectivity index (χ2v) is 12.2. The second kappa shape index (κ2) is 13.6. The van der Waals surface area contributed by atoms with Crippen molar-refractivity contribution in [3.8, 4) is 0 Å². The smallest absolute Gasteiger partial charge is 0.264 e. The van der Waals surface area contributed by atoms with Gasteiger partial charge in [-0.05, 0) is 75.4 Å². The molecule has 0 aliphatic rings. The predicted molar refractivity (Wildman–Crippen MR) is 161 cm³/mol. The number of amides is 2. The number of carbonyl (C=O) groups is 2. The molecule has 2 atom stereocenters. The zero-order chi connectivity index (χ0) is 29.4. The van der Waals surface area contributed by atoms with Crippen LogP contribution in [0, 0.1) is 20.8 Å². The minimum Gasteiger partial charge on any atom is -0.352 e. The van der Waals surface area contributed by atoms with E-state index < -0.39 is 28.5 Å². The van der Waals surface area contributed by atoms with Crippen molar-refractivity contribution in [2.24, 2.45) is 0 Å². The van der Waals surface area contributed by atoms with E-state index in [1.807, 2.05) is 77.9 Å². The van der Waals surface area contributed by atoms with E-state index in [0.717, 1.165) is 28.7 Å². The lowest BCUT2D eigenvalue weighted by molar-refractivity contribution is -0.140. The number of hydrogen-bond acceptors (Lipinski definition) is 4. The maximum Gasteiger partial charge on any atom is 0.264 e. The molecule has 0 aliphatic heterocycles. The van der Waals surface area contributed by atoms with Crippen molar-refractivity contribution in [1.82, 2.24) is 10.2 Å². The molecular formula is C32H41N3O4S. The lowest BCUT2D eigenvalue weighted by Gasteiger charge is -2.34. The van der Waals surface area contributed by atoms with Gasteiger partial charge in [0, 0.05) is 12.6 Å². The van der Waals surface area contributed by atoms with E-state index in [9.17, 15) is 18.0 Å². The monoisotopic (exact) mass is 563 g/mol. The van der Waals surface area contributed by atoms with Crippen LogP contribution in [0.25, 0.3) is 0 Å². The van der Waals surface area contributed by atoms with Gasteiger partial charge in [-0.1, -0.05) is 74.0 Å². The van der Waals surface area contributed by atoms with Gasteiger partial charge in [0.1, 0.15) is 12.6 Å². The number of rotatable bonds is 12. The van der Waals surface area contributed by atoms with Crippen LogP contribution >= 0.6 is 0 Å². The molecule has 3 aromatic rings. The first kappa shape index (κ1) is 30.9. The zero-order valence-corrected chi connectivity index (χ0v) is 25.2. The van der Waals surface area contributed by atoms with Gasteiger partial charge in [-0.2, -0.15) is 0 Å². The van der Waals surface area contributed by atoms with E-state index in [1.54, 1.807) is 24.3 Å². The van der Waals surface area contributed by atoms with Crippen LogP contribution in [0.5, 0.6) is 0 Å². The molecule has 8 heteroatoms. The lowest BCUT2D eigenvalue weighted by atomic mass is 10.1. The maximum absolute atomic E-state index is 14.2. The third-order valence-corrected chi connectivity index (χ3v) is 8.99. The van der Waals surface area contributed by atoms with E-state index in [1.165, 1.54) is 21.3 Å². The molecule has 0 unspecified atom stereocenters. The molecule has 3 rings (SSSR count). The molecule has 2 amide bonds. The summed E-state index contributed by atoms with van der Waals surface area (Å²) in [5, 5.41) is 3.01. The van der Waals surface area contributed by atoms with Crippen LogP contribution in [-0.4, -0.2) is 43.8 Å². The number of anilines is 1. The van der Waals surface area contributed by atoms with Gasteiger partial charge < -0.3 is 10.2 Å². The molecule has 0 heterocycles. The number of nitrogens with zero attached hydrogens (tertiary/aromatic N) is 2. The molecular weight excluding hydrogens is 522 g/mol. The molecule has 0 saturated heterocycles. The molecule has 0 bridgehead atoms. The van der Waals surface area contributed by atoms with Crippen LogP contribution < -0.4 is 9.62 Å². The third-order valence-electron chi connectivity index (χ3n) is 7.22. The molecule has 0 fully saturated rings. The fourth-order valence-electron chi connectivity index (χ4n) is 4.65. The Labute approximate surface area is 239 Å². The van der Waals surface area contributed by atoms with Crippen molar-refractivity contribution in [3.63, 3.8) is 0 Å². The van der Waals surface area contributed by atoms with Gasteiger partial charge in [-0.3, -0.25) is 13.9 Å². The van der Waals surface area contributed by atoms with Gasteiger partial charge in [0.25, 0.3) is 10.0 Å². The van der Waals surface area contributed by atoms with Gasteiger partial charge in [-0.25, -0.2) is 8.42 Å². The Kier molecular flexibility index (Phi) is 10.5. The van der Waals surface area contributed by atoms with E-state index >= 15 is 0 Å². The van der Waals surface area contributed by atoms with Crippen molar-refractivity contribution in [1.29, 1.82) is 0 Å². The summed E-state index contributed by atoms with van der Waals surface area (Å²) in [6.07, 6.45) is 1.14. The van der Waals surface area contributed by atoms with Crippen LogP contribution in [0.15, 0.2) is 77.7 Å². The number of aryl methyl sites for hydroxylation is 3. The first-order valence-electron chi connectivity index (χ1n) is 13.8. The van der Waals surface area contributed by atoms with Gasteiger partial charge in [0.2, 0.25) is 11.8 Å². The minimum atomic E-state index is -4.09. The summed E-state index contributed by atoms with van der Waals surface area (Å²) in [4.78, 5) is 29.2.